The van der Waals surface area contributed by atoms with E-state index in [9.17, 15) is 5.26 Å². The summed E-state index contributed by atoms with van der Waals surface area (Å²) in [7, 11) is 0. The zero-order valence-electron chi connectivity index (χ0n) is 15.1. The molecule has 26 heavy (non-hydrogen) atoms. The van der Waals surface area contributed by atoms with Gasteiger partial charge in [0.15, 0.2) is 5.65 Å². The van der Waals surface area contributed by atoms with Gasteiger partial charge < -0.3 is 0 Å². The van der Waals surface area contributed by atoms with E-state index in [1.807, 2.05) is 25.1 Å². The number of pyridine rings is 1. The number of imidazole rings is 1. The van der Waals surface area contributed by atoms with E-state index < -0.39 is 0 Å². The molecule has 0 saturated heterocycles. The molecular weight excluding hydrogens is 338 g/mol. The number of thioether (sulfide) groups is 1. The predicted molar refractivity (Wildman–Crippen MR) is 108 cm³/mol. The van der Waals surface area contributed by atoms with Gasteiger partial charge in [-0.1, -0.05) is 35.9 Å². The highest BCUT2D eigenvalue weighted by Crippen LogP contribution is 2.31. The lowest BCUT2D eigenvalue weighted by Gasteiger charge is -2.11. The highest BCUT2D eigenvalue weighted by molar-refractivity contribution is 7.98. The van der Waals surface area contributed by atoms with Crippen molar-refractivity contribution in [2.45, 2.75) is 31.6 Å². The van der Waals surface area contributed by atoms with Gasteiger partial charge in [-0.3, -0.25) is 4.40 Å². The number of nitrogens with zero attached hydrogens (tertiary/aromatic N) is 3. The van der Waals surface area contributed by atoms with Gasteiger partial charge in [0.25, 0.3) is 0 Å². The van der Waals surface area contributed by atoms with Gasteiger partial charge in [-0.2, -0.15) is 5.26 Å². The van der Waals surface area contributed by atoms with Crippen LogP contribution in [0.5, 0.6) is 0 Å². The minimum Gasteiger partial charge on any atom is -0.286 e. The quantitative estimate of drug-likeness (QED) is 0.450. The molecule has 2 aromatic heterocycles. The molecule has 0 saturated carbocycles. The third-order valence-electron chi connectivity index (χ3n) is 4.73. The lowest BCUT2D eigenvalue weighted by atomic mass is 10.1. The van der Waals surface area contributed by atoms with Crippen LogP contribution in [0.1, 0.15) is 27.8 Å². The van der Waals surface area contributed by atoms with E-state index in [-0.39, 0.29) is 0 Å². The van der Waals surface area contributed by atoms with Crippen molar-refractivity contribution in [3.05, 3.63) is 76.3 Å². The average molecular weight is 357 g/mol. The van der Waals surface area contributed by atoms with Crippen molar-refractivity contribution < 1.29 is 0 Å². The van der Waals surface area contributed by atoms with Crippen LogP contribution in [-0.4, -0.2) is 9.38 Å². The number of rotatable bonds is 3. The first-order chi connectivity index (χ1) is 12.6. The maximum Gasteiger partial charge on any atom is 0.157 e. The van der Waals surface area contributed by atoms with Crippen LogP contribution in [0.4, 0.5) is 0 Å². The van der Waals surface area contributed by atoms with Crippen molar-refractivity contribution in [2.75, 3.05) is 0 Å². The average Bonchev–Trinajstić information content (AvgIpc) is 3.01. The fraction of sp³-hybridized carbons (Fsp3) is 0.182. The predicted octanol–water partition coefficient (Wildman–Crippen LogP) is 5.58. The normalized spacial score (nSPS) is 11.2. The maximum absolute atomic E-state index is 9.60. The summed E-state index contributed by atoms with van der Waals surface area (Å²) in [5.74, 6) is 0.889. The van der Waals surface area contributed by atoms with Crippen molar-refractivity contribution in [3.8, 4) is 6.07 Å². The number of hydrogen-bond acceptors (Lipinski definition) is 3. The Morgan fingerprint density at radius 3 is 2.65 bits per heavy atom. The molecule has 0 spiro atoms. The Hall–Kier alpha value is -2.77. The van der Waals surface area contributed by atoms with Crippen molar-refractivity contribution in [1.82, 2.24) is 9.38 Å². The van der Waals surface area contributed by atoms with Gasteiger partial charge in [0.2, 0.25) is 0 Å². The largest absolute Gasteiger partial charge is 0.286 e. The zero-order valence-corrected chi connectivity index (χ0v) is 15.9. The van der Waals surface area contributed by atoms with Crippen LogP contribution >= 0.6 is 11.8 Å². The molecule has 2 heterocycles. The summed E-state index contributed by atoms with van der Waals surface area (Å²) in [6.07, 6.45) is 0. The molecule has 4 aromatic rings. The van der Waals surface area contributed by atoms with E-state index in [4.69, 9.17) is 4.98 Å². The Morgan fingerprint density at radius 1 is 1.04 bits per heavy atom. The minimum atomic E-state index is 0.650. The van der Waals surface area contributed by atoms with Crippen LogP contribution in [0.25, 0.3) is 16.7 Å². The van der Waals surface area contributed by atoms with Crippen LogP contribution in [0.2, 0.25) is 0 Å². The van der Waals surface area contributed by atoms with Gasteiger partial charge in [0.05, 0.1) is 21.6 Å². The first-order valence-corrected chi connectivity index (χ1v) is 9.57. The summed E-state index contributed by atoms with van der Waals surface area (Å²) in [6, 6.07) is 19.1. The second-order valence-electron chi connectivity index (χ2n) is 6.63. The molecule has 0 aliphatic rings. The molecule has 0 N–H and O–H groups in total. The van der Waals surface area contributed by atoms with Gasteiger partial charge in [-0.05, 0) is 55.7 Å². The molecule has 0 bridgehead atoms. The Bertz CT molecular complexity index is 1180. The SMILES string of the molecule is Cc1ccc(C)c(CSc2cc(C)c(C#N)c3nc4ccccc4n23)c1. The fourth-order valence-corrected chi connectivity index (χ4v) is 4.46. The molecule has 3 nitrogen and oxygen atoms in total. The highest BCUT2D eigenvalue weighted by atomic mass is 32.2. The molecular formula is C22H19N3S. The van der Waals surface area contributed by atoms with Crippen LogP contribution < -0.4 is 0 Å². The van der Waals surface area contributed by atoms with Crippen molar-refractivity contribution in [2.24, 2.45) is 0 Å². The smallest absolute Gasteiger partial charge is 0.157 e. The monoisotopic (exact) mass is 357 g/mol. The molecule has 0 aliphatic carbocycles. The third-order valence-corrected chi connectivity index (χ3v) is 5.78. The van der Waals surface area contributed by atoms with Gasteiger partial charge in [-0.25, -0.2) is 4.98 Å². The van der Waals surface area contributed by atoms with E-state index in [1.54, 1.807) is 11.8 Å². The number of hydrogen-bond donors (Lipinski definition) is 0. The Balaban J connectivity index is 1.87. The maximum atomic E-state index is 9.60. The molecule has 4 heteroatoms. The van der Waals surface area contributed by atoms with Gasteiger partial charge in [0.1, 0.15) is 6.07 Å². The lowest BCUT2D eigenvalue weighted by molar-refractivity contribution is 1.04. The molecule has 2 aromatic carbocycles. The van der Waals surface area contributed by atoms with Crippen molar-refractivity contribution in [1.29, 1.82) is 5.26 Å². The van der Waals surface area contributed by atoms with Crippen LogP contribution in [-0.2, 0) is 5.75 Å². The fourth-order valence-electron chi connectivity index (χ4n) is 3.27. The van der Waals surface area contributed by atoms with Gasteiger partial charge in [-0.15, -0.1) is 11.8 Å². The summed E-state index contributed by atoms with van der Waals surface area (Å²) in [4.78, 5) is 4.72. The Kier molecular flexibility index (Phi) is 4.18. The Labute approximate surface area is 157 Å². The van der Waals surface area contributed by atoms with Crippen molar-refractivity contribution >= 4 is 28.4 Å². The molecule has 4 rings (SSSR count). The molecule has 0 fully saturated rings. The zero-order chi connectivity index (χ0) is 18.3. The van der Waals surface area contributed by atoms with Gasteiger partial charge in [0, 0.05) is 5.75 Å². The van der Waals surface area contributed by atoms with E-state index in [0.29, 0.717) is 5.56 Å². The number of aryl methyl sites for hydroxylation is 3. The number of aromatic nitrogens is 2. The summed E-state index contributed by atoms with van der Waals surface area (Å²) in [5.41, 5.74) is 8.26. The van der Waals surface area contributed by atoms with Crippen LogP contribution in [0.15, 0.2) is 53.6 Å². The first-order valence-electron chi connectivity index (χ1n) is 8.58. The Morgan fingerprint density at radius 2 is 1.85 bits per heavy atom. The third kappa shape index (κ3) is 2.75. The molecule has 0 amide bonds. The number of benzene rings is 2. The first kappa shape index (κ1) is 16.7. The van der Waals surface area contributed by atoms with Gasteiger partial charge >= 0.3 is 0 Å². The number of fused-ring (bicyclic) bond motifs is 3. The number of para-hydroxylation sites is 2. The van der Waals surface area contributed by atoms with Crippen LogP contribution in [0, 0.1) is 32.1 Å². The lowest BCUT2D eigenvalue weighted by Crippen LogP contribution is -1.97. The molecule has 0 aliphatic heterocycles. The summed E-state index contributed by atoms with van der Waals surface area (Å²) >= 11 is 1.79. The number of nitriles is 1. The van der Waals surface area contributed by atoms with E-state index in [2.05, 4.69) is 54.6 Å². The standard InChI is InChI=1S/C22H19N3S/c1-14-8-9-15(2)17(10-14)13-26-21-11-16(3)18(12-23)22-24-19-6-4-5-7-20(19)25(21)22/h4-11H,13H2,1-3H3. The van der Waals surface area contributed by atoms with E-state index >= 15 is 0 Å². The second kappa shape index (κ2) is 6.51. The molecule has 128 valence electrons. The topological polar surface area (TPSA) is 41.1 Å². The molecule has 0 atom stereocenters. The van der Waals surface area contributed by atoms with E-state index in [1.165, 1.54) is 16.7 Å². The van der Waals surface area contributed by atoms with Crippen LogP contribution in [0.3, 0.4) is 0 Å². The summed E-state index contributed by atoms with van der Waals surface area (Å²) < 4.78 is 2.12. The minimum absolute atomic E-state index is 0.650. The molecule has 0 radical (unpaired) electrons. The molecule has 0 unspecified atom stereocenters. The van der Waals surface area contributed by atoms with E-state index in [0.717, 1.165) is 33.0 Å². The highest BCUT2D eigenvalue weighted by Gasteiger charge is 2.15. The summed E-state index contributed by atoms with van der Waals surface area (Å²) in [6.45, 7) is 6.27. The van der Waals surface area contributed by atoms with Crippen molar-refractivity contribution in [3.63, 3.8) is 0 Å². The second-order valence-corrected chi connectivity index (χ2v) is 7.63. The summed E-state index contributed by atoms with van der Waals surface area (Å²) in [5, 5.41) is 10.7.